The second-order valence-corrected chi connectivity index (χ2v) is 3.53. The van der Waals surface area contributed by atoms with E-state index in [1.807, 2.05) is 12.1 Å². The summed E-state index contributed by atoms with van der Waals surface area (Å²) < 4.78 is 23.8. The summed E-state index contributed by atoms with van der Waals surface area (Å²) in [6, 6.07) is 5.39. The van der Waals surface area contributed by atoms with Gasteiger partial charge in [0, 0.05) is 7.11 Å². The van der Waals surface area contributed by atoms with Crippen molar-refractivity contribution in [1.29, 1.82) is 0 Å². The molecule has 0 radical (unpaired) electrons. The first kappa shape index (κ1) is 13.5. The highest BCUT2D eigenvalue weighted by Crippen LogP contribution is 2.30. The molecule has 0 saturated carbocycles. The highest BCUT2D eigenvalue weighted by Gasteiger charge is 2.11. The van der Waals surface area contributed by atoms with Crippen molar-refractivity contribution in [3.63, 3.8) is 0 Å². The highest BCUT2D eigenvalue weighted by molar-refractivity contribution is 5.67. The van der Waals surface area contributed by atoms with Crippen molar-refractivity contribution in [3.05, 3.63) is 48.6 Å². The molecule has 0 fully saturated rings. The van der Waals surface area contributed by atoms with E-state index in [0.717, 1.165) is 5.56 Å². The topological polar surface area (TPSA) is 18.5 Å². The molecule has 0 amide bonds. The van der Waals surface area contributed by atoms with Crippen LogP contribution < -0.4 is 4.74 Å². The summed E-state index contributed by atoms with van der Waals surface area (Å²) in [4.78, 5) is 0. The molecule has 0 heterocycles. The van der Waals surface area contributed by atoms with Gasteiger partial charge in [0.1, 0.15) is 18.2 Å². The van der Waals surface area contributed by atoms with Crippen LogP contribution in [0.25, 0.3) is 5.83 Å². The second kappa shape index (κ2) is 6.86. The molecule has 0 atom stereocenters. The molecule has 0 unspecified atom stereocenters. The molecule has 1 aromatic rings. The van der Waals surface area contributed by atoms with Crippen LogP contribution in [0.2, 0.25) is 0 Å². The largest absolute Gasteiger partial charge is 0.490 e. The Morgan fingerprint density at radius 3 is 2.76 bits per heavy atom. The molecule has 3 heteroatoms. The summed E-state index contributed by atoms with van der Waals surface area (Å²) in [5.41, 5.74) is 1.24. The third-order valence-electron chi connectivity index (χ3n) is 2.29. The SMILES string of the molecule is C=CCc1cccc(OCCOC)c1C(=C)F. The molecule has 0 aliphatic rings. The minimum atomic E-state index is -0.491. The lowest BCUT2D eigenvalue weighted by molar-refractivity contribution is 0.146. The van der Waals surface area contributed by atoms with Crippen LogP contribution in [-0.2, 0) is 11.2 Å². The third-order valence-corrected chi connectivity index (χ3v) is 2.29. The van der Waals surface area contributed by atoms with Gasteiger partial charge in [-0.2, -0.15) is 0 Å². The van der Waals surface area contributed by atoms with Crippen molar-refractivity contribution >= 4 is 5.83 Å². The molecule has 17 heavy (non-hydrogen) atoms. The summed E-state index contributed by atoms with van der Waals surface area (Å²) in [6.45, 7) is 7.84. The fourth-order valence-electron chi connectivity index (χ4n) is 1.57. The second-order valence-electron chi connectivity index (χ2n) is 3.53. The van der Waals surface area contributed by atoms with E-state index >= 15 is 0 Å². The van der Waals surface area contributed by atoms with E-state index < -0.39 is 5.83 Å². The Bertz CT molecular complexity index is 399. The third kappa shape index (κ3) is 3.71. The predicted octanol–water partition coefficient (Wildman–Crippen LogP) is 3.38. The van der Waals surface area contributed by atoms with E-state index in [1.54, 1.807) is 19.3 Å². The summed E-state index contributed by atoms with van der Waals surface area (Å²) in [7, 11) is 1.59. The van der Waals surface area contributed by atoms with Crippen LogP contribution in [0.1, 0.15) is 11.1 Å². The zero-order valence-corrected chi connectivity index (χ0v) is 10.0. The standard InChI is InChI=1S/C14H17FO2/c1-4-6-12-7-5-8-13(14(12)11(2)15)17-10-9-16-3/h4-5,7-8H,1-2,6,9-10H2,3H3. The van der Waals surface area contributed by atoms with Crippen molar-refractivity contribution < 1.29 is 13.9 Å². The average molecular weight is 236 g/mol. The minimum Gasteiger partial charge on any atom is -0.490 e. The van der Waals surface area contributed by atoms with Gasteiger partial charge in [0.25, 0.3) is 0 Å². The van der Waals surface area contributed by atoms with Crippen LogP contribution in [0.4, 0.5) is 4.39 Å². The van der Waals surface area contributed by atoms with Gasteiger partial charge in [-0.15, -0.1) is 6.58 Å². The van der Waals surface area contributed by atoms with Crippen molar-refractivity contribution in [2.75, 3.05) is 20.3 Å². The minimum absolute atomic E-state index is 0.383. The van der Waals surface area contributed by atoms with Gasteiger partial charge >= 0.3 is 0 Å². The van der Waals surface area contributed by atoms with Gasteiger partial charge in [-0.1, -0.05) is 24.8 Å². The van der Waals surface area contributed by atoms with E-state index in [4.69, 9.17) is 9.47 Å². The van der Waals surface area contributed by atoms with Gasteiger partial charge in [0.2, 0.25) is 0 Å². The molecule has 0 spiro atoms. The zero-order valence-electron chi connectivity index (χ0n) is 10.0. The molecule has 0 aliphatic heterocycles. The van der Waals surface area contributed by atoms with Gasteiger partial charge in [-0.25, -0.2) is 4.39 Å². The lowest BCUT2D eigenvalue weighted by atomic mass is 10.0. The molecule has 0 bridgehead atoms. The maximum atomic E-state index is 13.4. The molecule has 1 aromatic carbocycles. The van der Waals surface area contributed by atoms with Gasteiger partial charge in [-0.05, 0) is 18.1 Å². The molecular formula is C14H17FO2. The van der Waals surface area contributed by atoms with Crippen molar-refractivity contribution in [3.8, 4) is 5.75 Å². The van der Waals surface area contributed by atoms with Crippen molar-refractivity contribution in [2.24, 2.45) is 0 Å². The van der Waals surface area contributed by atoms with Crippen LogP contribution >= 0.6 is 0 Å². The van der Waals surface area contributed by atoms with Gasteiger partial charge in [0.05, 0.1) is 12.2 Å². The fourth-order valence-corrected chi connectivity index (χ4v) is 1.57. The smallest absolute Gasteiger partial charge is 0.129 e. The lowest BCUT2D eigenvalue weighted by Crippen LogP contribution is -2.06. The Labute approximate surface area is 101 Å². The van der Waals surface area contributed by atoms with Gasteiger partial charge < -0.3 is 9.47 Å². The summed E-state index contributed by atoms with van der Waals surface area (Å²) in [5, 5.41) is 0. The van der Waals surface area contributed by atoms with Crippen LogP contribution in [0.5, 0.6) is 5.75 Å². The number of allylic oxidation sites excluding steroid dienone is 1. The summed E-state index contributed by atoms with van der Waals surface area (Å²) >= 11 is 0. The normalized spacial score (nSPS) is 10.0. The van der Waals surface area contributed by atoms with Crippen LogP contribution in [0.3, 0.4) is 0 Å². The number of ether oxygens (including phenoxy) is 2. The fraction of sp³-hybridized carbons (Fsp3) is 0.286. The Kier molecular flexibility index (Phi) is 5.43. The van der Waals surface area contributed by atoms with Gasteiger partial charge in [-0.3, -0.25) is 0 Å². The number of benzene rings is 1. The van der Waals surface area contributed by atoms with Crippen LogP contribution in [0, 0.1) is 0 Å². The Balaban J connectivity index is 2.98. The molecule has 0 saturated heterocycles. The number of methoxy groups -OCH3 is 1. The van der Waals surface area contributed by atoms with Gasteiger partial charge in [0.15, 0.2) is 0 Å². The molecule has 0 N–H and O–H groups in total. The molecule has 0 aliphatic carbocycles. The molecule has 1 rings (SSSR count). The number of hydrogen-bond acceptors (Lipinski definition) is 2. The first-order chi connectivity index (χ1) is 8.20. The van der Waals surface area contributed by atoms with E-state index in [2.05, 4.69) is 13.2 Å². The lowest BCUT2D eigenvalue weighted by Gasteiger charge is -2.13. The first-order valence-corrected chi connectivity index (χ1v) is 5.40. The monoisotopic (exact) mass is 236 g/mol. The van der Waals surface area contributed by atoms with Crippen molar-refractivity contribution in [1.82, 2.24) is 0 Å². The quantitative estimate of drug-likeness (QED) is 0.533. The summed E-state index contributed by atoms with van der Waals surface area (Å²) in [5.74, 6) is 0.00349. The van der Waals surface area contributed by atoms with E-state index in [1.165, 1.54) is 0 Å². The Morgan fingerprint density at radius 2 is 2.18 bits per heavy atom. The van der Waals surface area contributed by atoms with Crippen LogP contribution in [-0.4, -0.2) is 20.3 Å². The van der Waals surface area contributed by atoms with E-state index in [9.17, 15) is 4.39 Å². The van der Waals surface area contributed by atoms with E-state index in [0.29, 0.717) is 30.9 Å². The Hall–Kier alpha value is -1.61. The van der Waals surface area contributed by atoms with E-state index in [-0.39, 0.29) is 0 Å². The Morgan fingerprint density at radius 1 is 1.41 bits per heavy atom. The molecular weight excluding hydrogens is 219 g/mol. The number of rotatable bonds is 7. The summed E-state index contributed by atoms with van der Waals surface area (Å²) in [6.07, 6.45) is 2.31. The maximum absolute atomic E-state index is 13.4. The van der Waals surface area contributed by atoms with Crippen LogP contribution in [0.15, 0.2) is 37.4 Å². The average Bonchev–Trinajstić information content (AvgIpc) is 2.29. The first-order valence-electron chi connectivity index (χ1n) is 5.40. The number of hydrogen-bond donors (Lipinski definition) is 0. The molecule has 0 aromatic heterocycles. The maximum Gasteiger partial charge on any atom is 0.129 e. The highest BCUT2D eigenvalue weighted by atomic mass is 19.1. The number of halogens is 1. The molecule has 2 nitrogen and oxygen atoms in total. The zero-order chi connectivity index (χ0) is 12.7. The predicted molar refractivity (Wildman–Crippen MR) is 67.9 cm³/mol. The molecule has 92 valence electrons. The van der Waals surface area contributed by atoms with Crippen molar-refractivity contribution in [2.45, 2.75) is 6.42 Å².